The second-order valence-corrected chi connectivity index (χ2v) is 6.02. The summed E-state index contributed by atoms with van der Waals surface area (Å²) in [5, 5.41) is 6.24. The van der Waals surface area contributed by atoms with Gasteiger partial charge in [-0.3, -0.25) is 9.52 Å². The molecule has 0 fully saturated rings. The molecule has 9 heteroatoms. The van der Waals surface area contributed by atoms with Crippen LogP contribution >= 0.6 is 0 Å². The van der Waals surface area contributed by atoms with Gasteiger partial charge in [-0.1, -0.05) is 0 Å². The first kappa shape index (κ1) is 13.2. The van der Waals surface area contributed by atoms with Crippen LogP contribution in [0.25, 0.3) is 10.9 Å². The fourth-order valence-corrected chi connectivity index (χ4v) is 3.10. The highest BCUT2D eigenvalue weighted by molar-refractivity contribution is 7.93. The van der Waals surface area contributed by atoms with Crippen molar-refractivity contribution in [2.45, 2.75) is 4.90 Å². The lowest BCUT2D eigenvalue weighted by molar-refractivity contribution is 0.601. The lowest BCUT2D eigenvalue weighted by Crippen LogP contribution is -2.16. The van der Waals surface area contributed by atoms with Crippen molar-refractivity contribution in [1.82, 2.24) is 15.2 Å². The molecule has 1 aromatic carbocycles. The molecule has 3 aromatic rings. The van der Waals surface area contributed by atoms with Crippen molar-refractivity contribution in [3.63, 3.8) is 0 Å². The molecule has 0 aliphatic rings. The van der Waals surface area contributed by atoms with Crippen LogP contribution in [0.15, 0.2) is 46.2 Å². The maximum absolute atomic E-state index is 12.4. The Bertz CT molecular complexity index is 953. The standard InChI is InChI=1S/C12H11N5O3S/c13-7-1-2-9-8(5-7)10(6-14-9)21(19,20)17-11-3-4-12(18)16-15-11/h1-6,14H,13H2,(H,15,17)(H,16,18). The molecule has 0 saturated heterocycles. The third-order valence-corrected chi connectivity index (χ3v) is 4.27. The van der Waals surface area contributed by atoms with Gasteiger partial charge < -0.3 is 10.7 Å². The van der Waals surface area contributed by atoms with Gasteiger partial charge in [-0.25, -0.2) is 13.5 Å². The van der Waals surface area contributed by atoms with E-state index in [1.165, 1.54) is 18.3 Å². The maximum atomic E-state index is 12.4. The Morgan fingerprint density at radius 2 is 2.00 bits per heavy atom. The zero-order valence-corrected chi connectivity index (χ0v) is 11.4. The highest BCUT2D eigenvalue weighted by atomic mass is 32.2. The molecule has 0 bridgehead atoms. The minimum absolute atomic E-state index is 0.0212. The molecule has 2 aromatic heterocycles. The topological polar surface area (TPSA) is 134 Å². The van der Waals surface area contributed by atoms with E-state index < -0.39 is 15.6 Å². The van der Waals surface area contributed by atoms with Crippen LogP contribution in [0.5, 0.6) is 0 Å². The molecule has 0 saturated carbocycles. The Kier molecular flexibility index (Phi) is 2.91. The van der Waals surface area contributed by atoms with E-state index in [0.29, 0.717) is 16.6 Å². The number of nitrogens with one attached hydrogen (secondary N) is 3. The highest BCUT2D eigenvalue weighted by Gasteiger charge is 2.19. The minimum atomic E-state index is -3.85. The van der Waals surface area contributed by atoms with Gasteiger partial charge in [-0.2, -0.15) is 5.10 Å². The summed E-state index contributed by atoms with van der Waals surface area (Å²) in [6.07, 6.45) is 1.37. The quantitative estimate of drug-likeness (QED) is 0.527. The minimum Gasteiger partial charge on any atom is -0.399 e. The van der Waals surface area contributed by atoms with E-state index in [0.717, 1.165) is 0 Å². The van der Waals surface area contributed by atoms with Crippen LogP contribution in [0.1, 0.15) is 0 Å². The molecule has 0 aliphatic heterocycles. The average molecular weight is 305 g/mol. The number of rotatable bonds is 3. The van der Waals surface area contributed by atoms with Gasteiger partial charge in [0.25, 0.3) is 15.6 Å². The molecule has 108 valence electrons. The first-order valence-electron chi connectivity index (χ1n) is 5.91. The predicted molar refractivity (Wildman–Crippen MR) is 78.4 cm³/mol. The van der Waals surface area contributed by atoms with Crippen molar-refractivity contribution in [3.8, 4) is 0 Å². The molecular formula is C12H11N5O3S. The number of anilines is 2. The number of benzene rings is 1. The Balaban J connectivity index is 2.06. The fraction of sp³-hybridized carbons (Fsp3) is 0. The molecule has 0 spiro atoms. The molecule has 0 atom stereocenters. The fourth-order valence-electron chi connectivity index (χ4n) is 1.93. The SMILES string of the molecule is Nc1ccc2[nH]cc(S(=O)(=O)Nc3ccc(=O)[nH]n3)c2c1. The second-order valence-electron chi connectivity index (χ2n) is 4.37. The van der Waals surface area contributed by atoms with E-state index >= 15 is 0 Å². The van der Waals surface area contributed by atoms with Gasteiger partial charge >= 0.3 is 0 Å². The van der Waals surface area contributed by atoms with Gasteiger partial charge in [0.15, 0.2) is 5.82 Å². The van der Waals surface area contributed by atoms with Crippen molar-refractivity contribution in [1.29, 1.82) is 0 Å². The number of hydrogen-bond acceptors (Lipinski definition) is 5. The number of aromatic amines is 2. The number of aromatic nitrogens is 3. The number of H-pyrrole nitrogens is 2. The lowest BCUT2D eigenvalue weighted by atomic mass is 10.2. The molecule has 21 heavy (non-hydrogen) atoms. The number of sulfonamides is 1. The van der Waals surface area contributed by atoms with Gasteiger partial charge in [0.05, 0.1) is 0 Å². The van der Waals surface area contributed by atoms with Crippen LogP contribution in [0.4, 0.5) is 11.5 Å². The van der Waals surface area contributed by atoms with Gasteiger partial charge in [-0.15, -0.1) is 0 Å². The van der Waals surface area contributed by atoms with Crippen molar-refractivity contribution < 1.29 is 8.42 Å². The highest BCUT2D eigenvalue weighted by Crippen LogP contribution is 2.25. The van der Waals surface area contributed by atoms with Gasteiger partial charge in [0.1, 0.15) is 4.90 Å². The van der Waals surface area contributed by atoms with E-state index in [4.69, 9.17) is 5.73 Å². The first-order chi connectivity index (χ1) is 9.95. The summed E-state index contributed by atoms with van der Waals surface area (Å²) in [5.74, 6) is 0.0212. The summed E-state index contributed by atoms with van der Waals surface area (Å²) < 4.78 is 27.0. The van der Waals surface area contributed by atoms with Crippen molar-refractivity contribution in [3.05, 3.63) is 46.9 Å². The van der Waals surface area contributed by atoms with E-state index in [1.54, 1.807) is 18.2 Å². The zero-order chi connectivity index (χ0) is 15.0. The van der Waals surface area contributed by atoms with Crippen LogP contribution in [0.3, 0.4) is 0 Å². The number of hydrogen-bond donors (Lipinski definition) is 4. The van der Waals surface area contributed by atoms with E-state index in [9.17, 15) is 13.2 Å². The van der Waals surface area contributed by atoms with Crippen LogP contribution in [-0.2, 0) is 10.0 Å². The molecule has 2 heterocycles. The summed E-state index contributed by atoms with van der Waals surface area (Å²) in [6, 6.07) is 7.40. The van der Waals surface area contributed by atoms with Crippen molar-refractivity contribution in [2.75, 3.05) is 10.5 Å². The maximum Gasteiger partial charge on any atom is 0.265 e. The Hall–Kier alpha value is -2.81. The van der Waals surface area contributed by atoms with Crippen LogP contribution in [-0.4, -0.2) is 23.6 Å². The molecule has 0 amide bonds. The third kappa shape index (κ3) is 2.46. The molecule has 5 N–H and O–H groups in total. The Morgan fingerprint density at radius 3 is 2.71 bits per heavy atom. The van der Waals surface area contributed by atoms with Crippen molar-refractivity contribution in [2.24, 2.45) is 0 Å². The summed E-state index contributed by atoms with van der Waals surface area (Å²) in [5.41, 5.74) is 6.38. The number of fused-ring (bicyclic) bond motifs is 1. The van der Waals surface area contributed by atoms with E-state index in [1.807, 2.05) is 0 Å². The van der Waals surface area contributed by atoms with Crippen LogP contribution in [0.2, 0.25) is 0 Å². The van der Waals surface area contributed by atoms with Crippen LogP contribution in [0, 0.1) is 0 Å². The molecule has 0 radical (unpaired) electrons. The summed E-state index contributed by atoms with van der Waals surface area (Å²) in [7, 11) is -3.85. The first-order valence-corrected chi connectivity index (χ1v) is 7.39. The Labute approximate surface area is 119 Å². The monoisotopic (exact) mass is 305 g/mol. The third-order valence-electron chi connectivity index (χ3n) is 2.88. The predicted octanol–water partition coefficient (Wildman–Crippen LogP) is 0.634. The summed E-state index contributed by atoms with van der Waals surface area (Å²) in [4.78, 5) is 13.8. The normalized spacial score (nSPS) is 11.6. The van der Waals surface area contributed by atoms with E-state index in [-0.39, 0.29) is 10.7 Å². The lowest BCUT2D eigenvalue weighted by Gasteiger charge is -2.05. The second kappa shape index (κ2) is 4.63. The molecule has 8 nitrogen and oxygen atoms in total. The summed E-state index contributed by atoms with van der Waals surface area (Å²) >= 11 is 0. The Morgan fingerprint density at radius 1 is 1.19 bits per heavy atom. The van der Waals surface area contributed by atoms with E-state index in [2.05, 4.69) is 19.9 Å². The number of nitrogens with zero attached hydrogens (tertiary/aromatic N) is 1. The molecule has 3 rings (SSSR count). The number of nitrogen functional groups attached to an aromatic ring is 1. The zero-order valence-electron chi connectivity index (χ0n) is 10.6. The molecule has 0 unspecified atom stereocenters. The van der Waals surface area contributed by atoms with Crippen LogP contribution < -0.4 is 16.0 Å². The summed E-state index contributed by atoms with van der Waals surface area (Å²) in [6.45, 7) is 0. The average Bonchev–Trinajstić information content (AvgIpc) is 2.85. The van der Waals surface area contributed by atoms with Gasteiger partial charge in [0, 0.05) is 28.9 Å². The molecular weight excluding hydrogens is 294 g/mol. The smallest absolute Gasteiger partial charge is 0.265 e. The molecule has 0 aliphatic carbocycles. The number of nitrogens with two attached hydrogens (primary N) is 1. The van der Waals surface area contributed by atoms with Gasteiger partial charge in [0.2, 0.25) is 0 Å². The van der Waals surface area contributed by atoms with Gasteiger partial charge in [-0.05, 0) is 24.3 Å². The largest absolute Gasteiger partial charge is 0.399 e. The van der Waals surface area contributed by atoms with Crippen molar-refractivity contribution >= 4 is 32.4 Å².